The number of hydrogen-bond acceptors (Lipinski definition) is 10. The zero-order valence-electron chi connectivity index (χ0n) is 27.0. The lowest BCUT2D eigenvalue weighted by Gasteiger charge is -2.36. The first-order valence-electron chi connectivity index (χ1n) is 15.1. The number of nitrogens with zero attached hydrogens (tertiary/aromatic N) is 8. The van der Waals surface area contributed by atoms with Crippen LogP contribution in [0, 0.1) is 0 Å². The van der Waals surface area contributed by atoms with Crippen molar-refractivity contribution in [2.24, 2.45) is 0 Å². The average Bonchev–Trinajstić information content (AvgIpc) is 3.73. The fourth-order valence-corrected chi connectivity index (χ4v) is 4.14. The lowest BCUT2D eigenvalue weighted by Crippen LogP contribution is -2.47. The highest BCUT2D eigenvalue weighted by molar-refractivity contribution is 5.90. The van der Waals surface area contributed by atoms with Crippen LogP contribution in [0.1, 0.15) is 9.60 Å². The summed E-state index contributed by atoms with van der Waals surface area (Å²) in [6, 6.07) is 10.0. The number of hydrogen-bond donors (Lipinski definition) is 1. The maximum Gasteiger partial charge on any atom is 0.225 e. The molecule has 1 aromatic carbocycles. The average molecular weight is 511 g/mol. The molecule has 12 nitrogen and oxygen atoms in total. The number of benzene rings is 1. The molecule has 0 atom stereocenters. The SMILES string of the molecule is [2H]c1nn(C([2H])([2H])CN2CCN(c3ccc(OC([2H])([2H])C([2H])([2H])OC)cc3)CC2)c2nc(N)n3nc(-c4ccco4)nc3c12. The Labute approximate surface area is 223 Å². The van der Waals surface area contributed by atoms with Crippen molar-refractivity contribution in [3.63, 3.8) is 0 Å². The van der Waals surface area contributed by atoms with Crippen LogP contribution in [0.5, 0.6) is 5.75 Å². The van der Waals surface area contributed by atoms with Gasteiger partial charge in [-0.3, -0.25) is 4.90 Å². The number of methoxy groups -OCH3 is 1. The van der Waals surface area contributed by atoms with Gasteiger partial charge >= 0.3 is 0 Å². The van der Waals surface area contributed by atoms with Gasteiger partial charge in [0.2, 0.25) is 11.8 Å². The van der Waals surface area contributed by atoms with E-state index in [-0.39, 0.29) is 46.9 Å². The van der Waals surface area contributed by atoms with Crippen LogP contribution in [0.15, 0.2) is 53.3 Å². The number of rotatable bonds is 9. The van der Waals surface area contributed by atoms with E-state index in [1.807, 2.05) is 4.90 Å². The maximum atomic E-state index is 8.87. The third-order valence-corrected chi connectivity index (χ3v) is 6.03. The fraction of sp³-hybridized carbons (Fsp3) is 0.360. The molecule has 0 aliphatic carbocycles. The van der Waals surface area contributed by atoms with Crippen LogP contribution in [-0.2, 0) is 11.2 Å². The van der Waals surface area contributed by atoms with Crippen molar-refractivity contribution in [2.75, 3.05) is 63.6 Å². The first-order chi connectivity index (χ1) is 20.8. The van der Waals surface area contributed by atoms with Crippen LogP contribution >= 0.6 is 0 Å². The van der Waals surface area contributed by atoms with E-state index in [2.05, 4.69) is 29.8 Å². The van der Waals surface area contributed by atoms with Crippen molar-refractivity contribution in [1.82, 2.24) is 34.3 Å². The molecule has 0 unspecified atom stereocenters. The first kappa shape index (κ1) is 16.6. The van der Waals surface area contributed by atoms with E-state index in [0.29, 0.717) is 31.9 Å². The van der Waals surface area contributed by atoms with Crippen LogP contribution in [0.25, 0.3) is 28.3 Å². The van der Waals surface area contributed by atoms with Gasteiger partial charge in [0.05, 0.1) is 40.5 Å². The first-order valence-corrected chi connectivity index (χ1v) is 11.6. The highest BCUT2D eigenvalue weighted by Crippen LogP contribution is 2.24. The van der Waals surface area contributed by atoms with Gasteiger partial charge in [-0.15, -0.1) is 5.10 Å². The van der Waals surface area contributed by atoms with E-state index in [0.717, 1.165) is 17.5 Å². The molecular weight excluding hydrogens is 474 g/mol. The van der Waals surface area contributed by atoms with E-state index in [1.165, 1.54) is 10.8 Å². The van der Waals surface area contributed by atoms with Crippen LogP contribution < -0.4 is 15.4 Å². The van der Waals surface area contributed by atoms with E-state index < -0.39 is 19.6 Å². The number of piperazine rings is 1. The highest BCUT2D eigenvalue weighted by atomic mass is 16.5. The molecule has 1 fully saturated rings. The number of nitrogens with two attached hydrogens (primary N) is 1. The lowest BCUT2D eigenvalue weighted by molar-refractivity contribution is 0.146. The number of ether oxygens (including phenoxy) is 2. The molecule has 37 heavy (non-hydrogen) atoms. The van der Waals surface area contributed by atoms with Crippen molar-refractivity contribution < 1.29 is 23.5 Å². The molecule has 5 heterocycles. The van der Waals surface area contributed by atoms with Crippen molar-refractivity contribution in [2.45, 2.75) is 6.50 Å². The molecule has 0 amide bonds. The summed E-state index contributed by atoms with van der Waals surface area (Å²) in [5.74, 6) is 0.781. The largest absolute Gasteiger partial charge is 0.491 e. The van der Waals surface area contributed by atoms with Gasteiger partial charge in [-0.1, -0.05) is 0 Å². The van der Waals surface area contributed by atoms with E-state index in [9.17, 15) is 0 Å². The molecule has 1 aliphatic rings. The van der Waals surface area contributed by atoms with E-state index >= 15 is 0 Å². The number of nitrogen functional groups attached to an aromatic ring is 1. The number of furan rings is 1. The van der Waals surface area contributed by atoms with Gasteiger partial charge < -0.3 is 24.5 Å². The normalized spacial score (nSPS) is 18.6. The number of anilines is 2. The summed E-state index contributed by atoms with van der Waals surface area (Å²) in [5, 5.41) is 8.74. The second-order valence-electron chi connectivity index (χ2n) is 8.27. The number of aromatic nitrogens is 6. The third kappa shape index (κ3) is 4.68. The smallest absolute Gasteiger partial charge is 0.225 e. The van der Waals surface area contributed by atoms with Gasteiger partial charge in [0.1, 0.15) is 12.3 Å². The maximum absolute atomic E-state index is 8.87. The van der Waals surface area contributed by atoms with Gasteiger partial charge in [0.25, 0.3) is 0 Å². The Morgan fingerprint density at radius 1 is 1.08 bits per heavy atom. The highest BCUT2D eigenvalue weighted by Gasteiger charge is 2.20. The van der Waals surface area contributed by atoms with E-state index in [1.54, 1.807) is 36.4 Å². The van der Waals surface area contributed by atoms with Crippen LogP contribution in [0.2, 0.25) is 0 Å². The molecule has 1 saturated heterocycles. The molecule has 0 saturated carbocycles. The summed E-state index contributed by atoms with van der Waals surface area (Å²) < 4.78 is 74.8. The quantitative estimate of drug-likeness (QED) is 0.315. The minimum absolute atomic E-state index is 0.0164. The fourth-order valence-electron chi connectivity index (χ4n) is 4.14. The molecule has 1 aliphatic heterocycles. The molecule has 0 radical (unpaired) electrons. The molecule has 4 aromatic heterocycles. The molecule has 6 rings (SSSR count). The Hall–Kier alpha value is -4.16. The van der Waals surface area contributed by atoms with Crippen LogP contribution in [-0.4, -0.2) is 87.2 Å². The van der Waals surface area contributed by atoms with Gasteiger partial charge in [-0.25, -0.2) is 9.67 Å². The predicted octanol–water partition coefficient (Wildman–Crippen LogP) is 2.16. The molecule has 0 bridgehead atoms. The second kappa shape index (κ2) is 10.1. The molecule has 2 N–H and O–H groups in total. The molecular formula is C25H29N9O3. The zero-order chi connectivity index (χ0) is 31.4. The summed E-state index contributed by atoms with van der Waals surface area (Å²) in [4.78, 5) is 12.9. The molecule has 5 aromatic rings. The monoisotopic (exact) mass is 510 g/mol. The zero-order valence-corrected chi connectivity index (χ0v) is 20.0. The Morgan fingerprint density at radius 2 is 1.92 bits per heavy atom. The Bertz CT molecular complexity index is 1780. The molecule has 192 valence electrons. The lowest BCUT2D eigenvalue weighted by atomic mass is 10.2. The standard InChI is InChI=1S/C25H29N9O3/c1-35-15-16-36-19-6-4-18(5-7-19)32-11-8-31(9-12-32)10-13-33-23-20(17-27-33)24-28-22(21-3-2-14-37-21)30-34(24)25(26)29-23/h2-7,14,17H,8-13,15-16H2,1H3,(H2,26,29)/i13D2,15D2,16D2,17D. The van der Waals surface area contributed by atoms with Crippen molar-refractivity contribution in [3.05, 3.63) is 48.8 Å². The topological polar surface area (TPSA) is 125 Å². The van der Waals surface area contributed by atoms with E-state index in [4.69, 9.17) is 24.5 Å². The van der Waals surface area contributed by atoms with Crippen LogP contribution in [0.4, 0.5) is 11.6 Å². The van der Waals surface area contributed by atoms with Gasteiger partial charge in [-0.05, 0) is 36.4 Å². The second-order valence-corrected chi connectivity index (χ2v) is 8.27. The summed E-state index contributed by atoms with van der Waals surface area (Å²) in [7, 11) is 1.07. The Balaban J connectivity index is 1.15. The summed E-state index contributed by atoms with van der Waals surface area (Å²) in [6.45, 7) is -5.12. The van der Waals surface area contributed by atoms with Crippen molar-refractivity contribution in [3.8, 4) is 17.3 Å². The Kier molecular flexibility index (Phi) is 4.51. The number of fused-ring (bicyclic) bond motifs is 3. The van der Waals surface area contributed by atoms with Gasteiger partial charge in [-0.2, -0.15) is 14.6 Å². The van der Waals surface area contributed by atoms with Gasteiger partial charge in [0.15, 0.2) is 17.1 Å². The summed E-state index contributed by atoms with van der Waals surface area (Å²) in [6.07, 6.45) is 1.28. The predicted molar refractivity (Wildman–Crippen MR) is 139 cm³/mol. The minimum Gasteiger partial charge on any atom is -0.491 e. The van der Waals surface area contributed by atoms with Crippen LogP contribution in [0.3, 0.4) is 0 Å². The molecule has 0 spiro atoms. The minimum atomic E-state index is -2.69. The summed E-state index contributed by atoms with van der Waals surface area (Å²) in [5.41, 5.74) is 7.34. The molecule has 12 heteroatoms. The Morgan fingerprint density at radius 3 is 2.68 bits per heavy atom. The third-order valence-electron chi connectivity index (χ3n) is 6.03. The summed E-state index contributed by atoms with van der Waals surface area (Å²) >= 11 is 0. The van der Waals surface area contributed by atoms with Gasteiger partial charge in [0, 0.05) is 45.5 Å². The van der Waals surface area contributed by atoms with Crippen molar-refractivity contribution >= 4 is 28.3 Å². The van der Waals surface area contributed by atoms with Crippen molar-refractivity contribution in [1.29, 1.82) is 0 Å².